The second kappa shape index (κ2) is 5.58. The first kappa shape index (κ1) is 14.2. The molecule has 0 unspecified atom stereocenters. The van der Waals surface area contributed by atoms with Gasteiger partial charge in [0.1, 0.15) is 5.92 Å². The predicted octanol–water partition coefficient (Wildman–Crippen LogP) is 3.23. The number of carbonyl (C=O) groups excluding carboxylic acids is 2. The molecule has 2 aromatic rings. The Morgan fingerprint density at radius 1 is 1.24 bits per heavy atom. The van der Waals surface area contributed by atoms with Crippen LogP contribution in [0.1, 0.15) is 36.1 Å². The van der Waals surface area contributed by atoms with Crippen molar-refractivity contribution < 1.29 is 14.1 Å². The van der Waals surface area contributed by atoms with Crippen molar-refractivity contribution in [3.05, 3.63) is 35.7 Å². The highest BCUT2D eigenvalue weighted by atomic mass is 35.5. The normalized spacial score (nSPS) is 14.4. The van der Waals surface area contributed by atoms with Crippen molar-refractivity contribution in [1.82, 2.24) is 10.1 Å². The molecule has 5 nitrogen and oxygen atoms in total. The van der Waals surface area contributed by atoms with Crippen LogP contribution < -0.4 is 0 Å². The quantitative estimate of drug-likeness (QED) is 0.623. The molecule has 3 rings (SSSR count). The van der Waals surface area contributed by atoms with Gasteiger partial charge in [0.2, 0.25) is 22.2 Å². The molecule has 1 aliphatic carbocycles. The average Bonchev–Trinajstić information content (AvgIpc) is 3.16. The van der Waals surface area contributed by atoms with Gasteiger partial charge in [-0.15, -0.1) is 0 Å². The van der Waals surface area contributed by atoms with Crippen LogP contribution in [0.4, 0.5) is 0 Å². The zero-order valence-electron chi connectivity index (χ0n) is 10.8. The molecule has 7 heteroatoms. The maximum atomic E-state index is 11.3. The van der Waals surface area contributed by atoms with Gasteiger partial charge < -0.3 is 4.52 Å². The smallest absolute Gasteiger partial charge is 0.237 e. The van der Waals surface area contributed by atoms with Gasteiger partial charge in [0.15, 0.2) is 0 Å². The van der Waals surface area contributed by atoms with Crippen molar-refractivity contribution in [2.45, 2.75) is 24.7 Å². The topological polar surface area (TPSA) is 73.1 Å². The summed E-state index contributed by atoms with van der Waals surface area (Å²) in [6.07, 6.45) is 2.12. The molecule has 21 heavy (non-hydrogen) atoms. The number of halogens is 2. The second-order valence-corrected chi connectivity index (χ2v) is 5.64. The van der Waals surface area contributed by atoms with E-state index in [4.69, 9.17) is 27.7 Å². The van der Waals surface area contributed by atoms with Crippen LogP contribution in [0.3, 0.4) is 0 Å². The second-order valence-electron chi connectivity index (χ2n) is 4.90. The lowest BCUT2D eigenvalue weighted by molar-refractivity contribution is -0.120. The zero-order valence-corrected chi connectivity index (χ0v) is 12.3. The first-order valence-electron chi connectivity index (χ1n) is 6.39. The number of nitrogens with zero attached hydrogens (tertiary/aromatic N) is 2. The summed E-state index contributed by atoms with van der Waals surface area (Å²) in [6.45, 7) is 0. The summed E-state index contributed by atoms with van der Waals surface area (Å²) in [7, 11) is 0. The fourth-order valence-corrected chi connectivity index (χ4v) is 2.56. The molecule has 0 spiro atoms. The Labute approximate surface area is 130 Å². The van der Waals surface area contributed by atoms with E-state index in [0.29, 0.717) is 28.8 Å². The minimum absolute atomic E-state index is 0.357. The molecule has 0 amide bonds. The number of carbonyl (C=O) groups is 2. The van der Waals surface area contributed by atoms with E-state index in [-0.39, 0.29) is 0 Å². The van der Waals surface area contributed by atoms with Crippen molar-refractivity contribution >= 4 is 33.7 Å². The van der Waals surface area contributed by atoms with Crippen molar-refractivity contribution in [1.29, 1.82) is 0 Å². The van der Waals surface area contributed by atoms with E-state index in [0.717, 1.165) is 12.8 Å². The van der Waals surface area contributed by atoms with Gasteiger partial charge in [-0.1, -0.05) is 23.4 Å². The molecule has 0 atom stereocenters. The van der Waals surface area contributed by atoms with Crippen LogP contribution in [-0.2, 0) is 9.59 Å². The highest BCUT2D eigenvalue weighted by Gasteiger charge is 2.30. The van der Waals surface area contributed by atoms with E-state index in [9.17, 15) is 9.59 Å². The molecule has 1 aromatic carbocycles. The molecule has 0 aliphatic heterocycles. The molecule has 1 aromatic heterocycles. The Hall–Kier alpha value is -1.72. The fraction of sp³-hybridized carbons (Fsp3) is 0.286. The Bertz CT molecular complexity index is 696. The number of rotatable bonds is 5. The van der Waals surface area contributed by atoms with Gasteiger partial charge in [0.25, 0.3) is 0 Å². The lowest BCUT2D eigenvalue weighted by Crippen LogP contribution is -2.13. The molecule has 108 valence electrons. The van der Waals surface area contributed by atoms with Crippen LogP contribution in [0.15, 0.2) is 28.8 Å². The molecule has 1 fully saturated rings. The summed E-state index contributed by atoms with van der Waals surface area (Å²) in [5, 5.41) is 2.28. The van der Waals surface area contributed by atoms with Gasteiger partial charge in [-0.2, -0.15) is 4.98 Å². The predicted molar refractivity (Wildman–Crippen MR) is 76.2 cm³/mol. The van der Waals surface area contributed by atoms with Gasteiger partial charge >= 0.3 is 0 Å². The lowest BCUT2D eigenvalue weighted by atomic mass is 9.99. The molecular formula is C14H10Cl2N2O3. The summed E-state index contributed by atoms with van der Waals surface area (Å²) < 4.78 is 5.19. The van der Waals surface area contributed by atoms with E-state index < -0.39 is 16.4 Å². The molecule has 0 radical (unpaired) electrons. The van der Waals surface area contributed by atoms with E-state index in [1.54, 1.807) is 24.3 Å². The van der Waals surface area contributed by atoms with Crippen LogP contribution in [0.25, 0.3) is 11.4 Å². The van der Waals surface area contributed by atoms with Crippen molar-refractivity contribution in [2.75, 3.05) is 0 Å². The SMILES string of the molecule is O=C(Cl)C(C(=O)Cl)c1cccc(-c2noc(C3CC3)n2)c1. The molecule has 1 heterocycles. The van der Waals surface area contributed by atoms with E-state index in [1.807, 2.05) is 0 Å². The third-order valence-electron chi connectivity index (χ3n) is 3.30. The van der Waals surface area contributed by atoms with Gasteiger partial charge in [0.05, 0.1) is 0 Å². The molecule has 1 aliphatic rings. The molecule has 0 N–H and O–H groups in total. The highest BCUT2D eigenvalue weighted by Crippen LogP contribution is 2.39. The van der Waals surface area contributed by atoms with Crippen LogP contribution in [-0.4, -0.2) is 20.6 Å². The maximum Gasteiger partial charge on any atom is 0.237 e. The third kappa shape index (κ3) is 2.99. The van der Waals surface area contributed by atoms with Crippen molar-refractivity contribution in [3.8, 4) is 11.4 Å². The number of hydrogen-bond acceptors (Lipinski definition) is 5. The molecular weight excluding hydrogens is 315 g/mol. The Morgan fingerprint density at radius 2 is 1.95 bits per heavy atom. The Balaban J connectivity index is 1.94. The molecule has 1 saturated carbocycles. The first-order valence-corrected chi connectivity index (χ1v) is 7.14. The number of benzene rings is 1. The van der Waals surface area contributed by atoms with Crippen molar-refractivity contribution in [2.24, 2.45) is 0 Å². The maximum absolute atomic E-state index is 11.3. The summed E-state index contributed by atoms with van der Waals surface area (Å²) in [6, 6.07) is 6.67. The van der Waals surface area contributed by atoms with Gasteiger partial charge in [-0.25, -0.2) is 0 Å². The minimum atomic E-state index is -1.19. The van der Waals surface area contributed by atoms with Crippen LogP contribution in [0.5, 0.6) is 0 Å². The molecule has 0 saturated heterocycles. The number of hydrogen-bond donors (Lipinski definition) is 0. The first-order chi connectivity index (χ1) is 10.1. The van der Waals surface area contributed by atoms with Gasteiger partial charge in [0, 0.05) is 11.5 Å². The summed E-state index contributed by atoms with van der Waals surface area (Å²) in [5.41, 5.74) is 1.05. The fourth-order valence-electron chi connectivity index (χ4n) is 2.06. The monoisotopic (exact) mass is 324 g/mol. The number of aromatic nitrogens is 2. The van der Waals surface area contributed by atoms with E-state index in [2.05, 4.69) is 10.1 Å². The third-order valence-corrected chi connectivity index (χ3v) is 3.74. The highest BCUT2D eigenvalue weighted by molar-refractivity contribution is 6.74. The standard InChI is InChI=1S/C14H10Cl2N2O3/c15-11(19)10(12(16)20)8-2-1-3-9(6-8)13-17-14(21-18-13)7-4-5-7/h1-3,6-7,10H,4-5H2. The van der Waals surface area contributed by atoms with E-state index >= 15 is 0 Å². The largest absolute Gasteiger partial charge is 0.339 e. The minimum Gasteiger partial charge on any atom is -0.339 e. The summed E-state index contributed by atoms with van der Waals surface area (Å²) >= 11 is 10.9. The van der Waals surface area contributed by atoms with Gasteiger partial charge in [-0.05, 0) is 47.7 Å². The van der Waals surface area contributed by atoms with Gasteiger partial charge in [-0.3, -0.25) is 9.59 Å². The summed E-state index contributed by atoms with van der Waals surface area (Å²) in [4.78, 5) is 27.0. The van der Waals surface area contributed by atoms with Crippen molar-refractivity contribution in [3.63, 3.8) is 0 Å². The summed E-state index contributed by atoms with van der Waals surface area (Å²) in [5.74, 6) is 0.203. The van der Waals surface area contributed by atoms with Crippen LogP contribution in [0.2, 0.25) is 0 Å². The van der Waals surface area contributed by atoms with E-state index in [1.165, 1.54) is 0 Å². The molecule has 0 bridgehead atoms. The Kier molecular flexibility index (Phi) is 3.78. The lowest BCUT2D eigenvalue weighted by Gasteiger charge is -2.08. The Morgan fingerprint density at radius 3 is 2.57 bits per heavy atom. The zero-order chi connectivity index (χ0) is 15.0. The van der Waals surface area contributed by atoms with Crippen LogP contribution in [0, 0.1) is 0 Å². The average molecular weight is 325 g/mol. The van der Waals surface area contributed by atoms with Crippen LogP contribution >= 0.6 is 23.2 Å².